The van der Waals surface area contributed by atoms with Gasteiger partial charge in [-0.25, -0.2) is 0 Å². The largest absolute Gasteiger partial charge is 0.329 e. The van der Waals surface area contributed by atoms with E-state index in [2.05, 4.69) is 55.5 Å². The molecule has 0 aromatic heterocycles. The lowest BCUT2D eigenvalue weighted by molar-refractivity contribution is 0.737. The number of rotatable bonds is 3. The van der Waals surface area contributed by atoms with Crippen LogP contribution < -0.4 is 11.5 Å². The van der Waals surface area contributed by atoms with Crippen LogP contribution in [0.5, 0.6) is 0 Å². The number of hydrogen-bond acceptors (Lipinski definition) is 2. The predicted molar refractivity (Wildman–Crippen MR) is 72.6 cm³/mol. The van der Waals surface area contributed by atoms with Crippen molar-refractivity contribution in [1.82, 2.24) is 0 Å². The molecule has 0 aliphatic heterocycles. The summed E-state index contributed by atoms with van der Waals surface area (Å²) in [5, 5.41) is 0. The quantitative estimate of drug-likeness (QED) is 0.845. The van der Waals surface area contributed by atoms with Gasteiger partial charge in [0.05, 0.1) is 0 Å². The third-order valence-electron chi connectivity index (χ3n) is 2.94. The second-order valence-corrected chi connectivity index (χ2v) is 4.33. The Morgan fingerprint density at radius 3 is 2.29 bits per heavy atom. The molecule has 2 rings (SSSR count). The van der Waals surface area contributed by atoms with E-state index in [-0.39, 0.29) is 6.04 Å². The summed E-state index contributed by atoms with van der Waals surface area (Å²) in [7, 11) is 0. The molecule has 0 heterocycles. The summed E-state index contributed by atoms with van der Waals surface area (Å²) in [4.78, 5) is 0. The van der Waals surface area contributed by atoms with Crippen molar-refractivity contribution in [2.24, 2.45) is 11.5 Å². The molecule has 0 amide bonds. The molecule has 0 aliphatic carbocycles. The van der Waals surface area contributed by atoms with Gasteiger partial charge in [0.2, 0.25) is 0 Å². The molecule has 17 heavy (non-hydrogen) atoms. The van der Waals surface area contributed by atoms with Crippen LogP contribution >= 0.6 is 0 Å². The molecule has 0 radical (unpaired) electrons. The minimum Gasteiger partial charge on any atom is -0.329 e. The molecule has 2 nitrogen and oxygen atoms in total. The fourth-order valence-electron chi connectivity index (χ4n) is 1.88. The summed E-state index contributed by atoms with van der Waals surface area (Å²) in [5.74, 6) is 0. The standard InChI is InChI=1S/C15H18N2/c1-11-3-2-4-14(9-11)12-5-7-13(8-6-12)15(17)10-16/h2-9,15H,10,16-17H2,1H3. The van der Waals surface area contributed by atoms with Crippen LogP contribution in [0.1, 0.15) is 17.2 Å². The molecule has 4 N–H and O–H groups in total. The van der Waals surface area contributed by atoms with Crippen molar-refractivity contribution >= 4 is 0 Å². The van der Waals surface area contributed by atoms with E-state index in [9.17, 15) is 0 Å². The highest BCUT2D eigenvalue weighted by atomic mass is 14.7. The second kappa shape index (κ2) is 5.13. The maximum Gasteiger partial charge on any atom is 0.0419 e. The molecule has 2 aromatic rings. The predicted octanol–water partition coefficient (Wildman–Crippen LogP) is 2.62. The molecule has 2 heteroatoms. The minimum atomic E-state index is -0.0680. The highest BCUT2D eigenvalue weighted by molar-refractivity contribution is 5.64. The van der Waals surface area contributed by atoms with Gasteiger partial charge in [0.25, 0.3) is 0 Å². The highest BCUT2D eigenvalue weighted by Crippen LogP contribution is 2.22. The monoisotopic (exact) mass is 226 g/mol. The van der Waals surface area contributed by atoms with E-state index in [0.29, 0.717) is 6.54 Å². The zero-order chi connectivity index (χ0) is 12.3. The van der Waals surface area contributed by atoms with Gasteiger partial charge in [-0.15, -0.1) is 0 Å². The van der Waals surface area contributed by atoms with Crippen LogP contribution in [0, 0.1) is 6.92 Å². The zero-order valence-corrected chi connectivity index (χ0v) is 10.1. The fourth-order valence-corrected chi connectivity index (χ4v) is 1.88. The molecule has 1 unspecified atom stereocenters. The third-order valence-corrected chi connectivity index (χ3v) is 2.94. The summed E-state index contributed by atoms with van der Waals surface area (Å²) in [6.07, 6.45) is 0. The Hall–Kier alpha value is -1.64. The van der Waals surface area contributed by atoms with Gasteiger partial charge >= 0.3 is 0 Å². The van der Waals surface area contributed by atoms with E-state index < -0.39 is 0 Å². The van der Waals surface area contributed by atoms with E-state index in [4.69, 9.17) is 11.5 Å². The lowest BCUT2D eigenvalue weighted by atomic mass is 10.00. The summed E-state index contributed by atoms with van der Waals surface area (Å²) in [5.41, 5.74) is 16.2. The topological polar surface area (TPSA) is 52.0 Å². The maximum absolute atomic E-state index is 5.88. The Balaban J connectivity index is 2.29. The Morgan fingerprint density at radius 1 is 1.00 bits per heavy atom. The number of aryl methyl sites for hydroxylation is 1. The summed E-state index contributed by atoms with van der Waals surface area (Å²) < 4.78 is 0. The van der Waals surface area contributed by atoms with Gasteiger partial charge in [0.15, 0.2) is 0 Å². The van der Waals surface area contributed by atoms with Crippen molar-refractivity contribution in [3.63, 3.8) is 0 Å². The van der Waals surface area contributed by atoms with Crippen molar-refractivity contribution in [3.8, 4) is 11.1 Å². The first kappa shape index (κ1) is 11.8. The average molecular weight is 226 g/mol. The van der Waals surface area contributed by atoms with Gasteiger partial charge in [-0.05, 0) is 23.6 Å². The molecular formula is C15H18N2. The summed E-state index contributed by atoms with van der Waals surface area (Å²) in [6, 6.07) is 16.7. The van der Waals surface area contributed by atoms with Crippen LogP contribution in [0.15, 0.2) is 48.5 Å². The van der Waals surface area contributed by atoms with Crippen molar-refractivity contribution in [3.05, 3.63) is 59.7 Å². The minimum absolute atomic E-state index is 0.0680. The van der Waals surface area contributed by atoms with E-state index in [0.717, 1.165) is 5.56 Å². The lowest BCUT2D eigenvalue weighted by Crippen LogP contribution is -2.20. The first-order chi connectivity index (χ1) is 8.20. The van der Waals surface area contributed by atoms with Crippen molar-refractivity contribution < 1.29 is 0 Å². The van der Waals surface area contributed by atoms with Crippen LogP contribution in [-0.2, 0) is 0 Å². The van der Waals surface area contributed by atoms with Gasteiger partial charge < -0.3 is 11.5 Å². The molecule has 88 valence electrons. The van der Waals surface area contributed by atoms with Gasteiger partial charge in [-0.3, -0.25) is 0 Å². The van der Waals surface area contributed by atoms with Crippen molar-refractivity contribution in [2.75, 3.05) is 6.54 Å². The summed E-state index contributed by atoms with van der Waals surface area (Å²) in [6.45, 7) is 2.58. The molecule has 1 atom stereocenters. The number of benzene rings is 2. The van der Waals surface area contributed by atoms with Crippen LogP contribution in [0.2, 0.25) is 0 Å². The Morgan fingerprint density at radius 2 is 1.71 bits per heavy atom. The highest BCUT2D eigenvalue weighted by Gasteiger charge is 2.03. The molecule has 0 fully saturated rings. The molecule has 0 aliphatic rings. The van der Waals surface area contributed by atoms with E-state index >= 15 is 0 Å². The number of nitrogens with two attached hydrogens (primary N) is 2. The number of hydrogen-bond donors (Lipinski definition) is 2. The van der Waals surface area contributed by atoms with Gasteiger partial charge in [-0.1, -0.05) is 54.1 Å². The van der Waals surface area contributed by atoms with Crippen LogP contribution in [0.3, 0.4) is 0 Å². The Bertz CT molecular complexity index is 489. The SMILES string of the molecule is Cc1cccc(-c2ccc(C(N)CN)cc2)c1. The smallest absolute Gasteiger partial charge is 0.0419 e. The Labute approximate surface area is 102 Å². The van der Waals surface area contributed by atoms with Crippen molar-refractivity contribution in [2.45, 2.75) is 13.0 Å². The Kier molecular flexibility index (Phi) is 3.57. The fraction of sp³-hybridized carbons (Fsp3) is 0.200. The van der Waals surface area contributed by atoms with E-state index in [1.807, 2.05) is 0 Å². The first-order valence-corrected chi connectivity index (χ1v) is 5.83. The van der Waals surface area contributed by atoms with Crippen LogP contribution in [0.25, 0.3) is 11.1 Å². The lowest BCUT2D eigenvalue weighted by Gasteiger charge is -2.10. The molecule has 0 spiro atoms. The van der Waals surface area contributed by atoms with E-state index in [1.165, 1.54) is 16.7 Å². The molecule has 0 saturated carbocycles. The maximum atomic E-state index is 5.88. The van der Waals surface area contributed by atoms with Crippen LogP contribution in [0.4, 0.5) is 0 Å². The molecule has 0 saturated heterocycles. The van der Waals surface area contributed by atoms with Gasteiger partial charge in [-0.2, -0.15) is 0 Å². The van der Waals surface area contributed by atoms with E-state index in [1.54, 1.807) is 0 Å². The zero-order valence-electron chi connectivity index (χ0n) is 10.1. The third kappa shape index (κ3) is 2.73. The van der Waals surface area contributed by atoms with Crippen molar-refractivity contribution in [1.29, 1.82) is 0 Å². The molecular weight excluding hydrogens is 208 g/mol. The normalized spacial score (nSPS) is 12.4. The molecule has 0 bridgehead atoms. The molecule has 2 aromatic carbocycles. The second-order valence-electron chi connectivity index (χ2n) is 4.33. The average Bonchev–Trinajstić information content (AvgIpc) is 2.38. The summed E-state index contributed by atoms with van der Waals surface area (Å²) >= 11 is 0. The van der Waals surface area contributed by atoms with Gasteiger partial charge in [0.1, 0.15) is 0 Å². The first-order valence-electron chi connectivity index (χ1n) is 5.83. The van der Waals surface area contributed by atoms with Gasteiger partial charge in [0, 0.05) is 12.6 Å². The van der Waals surface area contributed by atoms with Crippen LogP contribution in [-0.4, -0.2) is 6.54 Å².